The van der Waals surface area contributed by atoms with E-state index in [1.54, 1.807) is 43.3 Å². The maximum atomic E-state index is 13.4. The SMILES string of the molecule is CCCOc1ccc(-c2ccc(S(=O)(=O)CC)cc2)cc1C(=O)N[C@@H](CO)Cc1c[nH]c2ccccc12. The van der Waals surface area contributed by atoms with E-state index in [0.29, 0.717) is 24.3 Å². The van der Waals surface area contributed by atoms with Crippen LogP contribution in [0.2, 0.25) is 0 Å². The van der Waals surface area contributed by atoms with Gasteiger partial charge in [-0.25, -0.2) is 8.42 Å². The van der Waals surface area contributed by atoms with Gasteiger partial charge >= 0.3 is 0 Å². The molecule has 0 unspecified atom stereocenters. The summed E-state index contributed by atoms with van der Waals surface area (Å²) in [5.74, 6) is 0.138. The maximum absolute atomic E-state index is 13.4. The molecule has 0 aliphatic heterocycles. The number of aliphatic hydroxyl groups is 1. The lowest BCUT2D eigenvalue weighted by Gasteiger charge is -2.18. The quantitative estimate of drug-likeness (QED) is 0.264. The number of amides is 1. The fourth-order valence-electron chi connectivity index (χ4n) is 4.24. The average molecular weight is 521 g/mol. The molecule has 0 bridgehead atoms. The lowest BCUT2D eigenvalue weighted by molar-refractivity contribution is 0.0912. The molecule has 1 aromatic heterocycles. The molecule has 0 aliphatic carbocycles. The van der Waals surface area contributed by atoms with Crippen molar-refractivity contribution in [2.75, 3.05) is 19.0 Å². The van der Waals surface area contributed by atoms with Crippen LogP contribution in [0, 0.1) is 0 Å². The number of rotatable bonds is 11. The number of ether oxygens (including phenoxy) is 1. The highest BCUT2D eigenvalue weighted by Crippen LogP contribution is 2.28. The molecule has 194 valence electrons. The van der Waals surface area contributed by atoms with E-state index in [9.17, 15) is 18.3 Å². The summed E-state index contributed by atoms with van der Waals surface area (Å²) in [4.78, 5) is 16.9. The number of nitrogens with one attached hydrogen (secondary N) is 2. The predicted molar refractivity (Wildman–Crippen MR) is 146 cm³/mol. The number of para-hydroxylation sites is 1. The molecular formula is C29H32N2O5S. The highest BCUT2D eigenvalue weighted by Gasteiger charge is 2.20. The Bertz CT molecular complexity index is 1480. The third-order valence-corrected chi connectivity index (χ3v) is 8.06. The lowest BCUT2D eigenvalue weighted by atomic mass is 10.0. The van der Waals surface area contributed by atoms with Crippen LogP contribution in [0.4, 0.5) is 0 Å². The molecule has 3 aromatic carbocycles. The van der Waals surface area contributed by atoms with Gasteiger partial charge < -0.3 is 20.1 Å². The molecule has 8 heteroatoms. The number of aliphatic hydroxyl groups excluding tert-OH is 1. The van der Waals surface area contributed by atoms with Gasteiger partial charge in [-0.3, -0.25) is 4.79 Å². The first-order valence-electron chi connectivity index (χ1n) is 12.4. The Balaban J connectivity index is 1.60. The van der Waals surface area contributed by atoms with Crippen molar-refractivity contribution >= 4 is 26.6 Å². The van der Waals surface area contributed by atoms with Crippen molar-refractivity contribution in [2.24, 2.45) is 0 Å². The molecule has 1 heterocycles. The highest BCUT2D eigenvalue weighted by molar-refractivity contribution is 7.91. The largest absolute Gasteiger partial charge is 0.493 e. The summed E-state index contributed by atoms with van der Waals surface area (Å²) in [5.41, 5.74) is 3.90. The molecule has 37 heavy (non-hydrogen) atoms. The number of carbonyl (C=O) groups is 1. The predicted octanol–water partition coefficient (Wildman–Crippen LogP) is 4.75. The molecule has 1 atom stereocenters. The van der Waals surface area contributed by atoms with Gasteiger partial charge in [-0.1, -0.05) is 50.2 Å². The standard InChI is InChI=1S/C29H32N2O5S/c1-3-15-36-28-14-11-21(20-9-12-24(13-10-20)37(34,35)4-2)17-26(28)29(33)31-23(19-32)16-22-18-30-27-8-6-5-7-25(22)27/h5-14,17-18,23,30,32H,3-4,15-16,19H2,1-2H3,(H,31,33)/t23-/m1/s1. The van der Waals surface area contributed by atoms with Gasteiger partial charge in [0.2, 0.25) is 0 Å². The molecule has 0 saturated heterocycles. The molecule has 4 rings (SSSR count). The molecule has 0 aliphatic rings. The maximum Gasteiger partial charge on any atom is 0.255 e. The summed E-state index contributed by atoms with van der Waals surface area (Å²) in [6, 6.07) is 19.4. The van der Waals surface area contributed by atoms with Gasteiger partial charge in [0.05, 0.1) is 35.5 Å². The fraction of sp³-hybridized carbons (Fsp3) is 0.276. The van der Waals surface area contributed by atoms with Gasteiger partial charge in [0.1, 0.15) is 5.75 Å². The van der Waals surface area contributed by atoms with Gasteiger partial charge in [-0.15, -0.1) is 0 Å². The first kappa shape index (κ1) is 26.4. The monoisotopic (exact) mass is 520 g/mol. The van der Waals surface area contributed by atoms with Gasteiger partial charge in [0.15, 0.2) is 9.84 Å². The topological polar surface area (TPSA) is 108 Å². The lowest BCUT2D eigenvalue weighted by Crippen LogP contribution is -2.39. The Hall–Kier alpha value is -3.62. The van der Waals surface area contributed by atoms with Crippen molar-refractivity contribution in [2.45, 2.75) is 37.6 Å². The Labute approximate surface area is 217 Å². The zero-order valence-electron chi connectivity index (χ0n) is 21.0. The number of hydrogen-bond acceptors (Lipinski definition) is 5. The minimum atomic E-state index is -3.30. The van der Waals surface area contributed by atoms with Gasteiger partial charge in [-0.2, -0.15) is 0 Å². The van der Waals surface area contributed by atoms with Crippen molar-refractivity contribution in [1.29, 1.82) is 0 Å². The zero-order valence-corrected chi connectivity index (χ0v) is 21.8. The van der Waals surface area contributed by atoms with Crippen LogP contribution in [0.25, 0.3) is 22.0 Å². The number of aromatic nitrogens is 1. The van der Waals surface area contributed by atoms with E-state index in [2.05, 4.69) is 10.3 Å². The van der Waals surface area contributed by atoms with E-state index in [1.165, 1.54) is 0 Å². The summed E-state index contributed by atoms with van der Waals surface area (Å²) in [6.45, 7) is 3.84. The number of fused-ring (bicyclic) bond motifs is 1. The van der Waals surface area contributed by atoms with Crippen LogP contribution in [0.1, 0.15) is 36.2 Å². The number of aromatic amines is 1. The van der Waals surface area contributed by atoms with E-state index in [-0.39, 0.29) is 23.2 Å². The second kappa shape index (κ2) is 11.6. The highest BCUT2D eigenvalue weighted by atomic mass is 32.2. The van der Waals surface area contributed by atoms with Crippen LogP contribution >= 0.6 is 0 Å². The van der Waals surface area contributed by atoms with Crippen molar-refractivity contribution in [1.82, 2.24) is 10.3 Å². The molecule has 0 saturated carbocycles. The summed E-state index contributed by atoms with van der Waals surface area (Å²) in [5, 5.41) is 14.1. The summed E-state index contributed by atoms with van der Waals surface area (Å²) >= 11 is 0. The second-order valence-electron chi connectivity index (χ2n) is 8.90. The van der Waals surface area contributed by atoms with E-state index >= 15 is 0 Å². The summed E-state index contributed by atoms with van der Waals surface area (Å²) in [7, 11) is -3.30. The number of sulfone groups is 1. The number of hydrogen-bond donors (Lipinski definition) is 3. The van der Waals surface area contributed by atoms with Crippen molar-refractivity contribution < 1.29 is 23.1 Å². The van der Waals surface area contributed by atoms with E-state index in [0.717, 1.165) is 34.0 Å². The fourth-order valence-corrected chi connectivity index (χ4v) is 5.12. The Morgan fingerprint density at radius 3 is 2.46 bits per heavy atom. The number of H-pyrrole nitrogens is 1. The molecule has 1 amide bonds. The van der Waals surface area contributed by atoms with Crippen molar-refractivity contribution in [3.8, 4) is 16.9 Å². The summed E-state index contributed by atoms with van der Waals surface area (Å²) in [6.07, 6.45) is 3.15. The molecule has 3 N–H and O–H groups in total. The second-order valence-corrected chi connectivity index (χ2v) is 11.2. The first-order valence-corrected chi connectivity index (χ1v) is 14.1. The Morgan fingerprint density at radius 1 is 1.03 bits per heavy atom. The summed E-state index contributed by atoms with van der Waals surface area (Å²) < 4.78 is 30.2. The molecule has 7 nitrogen and oxygen atoms in total. The molecule has 0 radical (unpaired) electrons. The van der Waals surface area contributed by atoms with E-state index < -0.39 is 15.9 Å². The minimum Gasteiger partial charge on any atom is -0.493 e. The molecule has 0 spiro atoms. The Morgan fingerprint density at radius 2 is 1.76 bits per heavy atom. The third-order valence-electron chi connectivity index (χ3n) is 6.31. The third kappa shape index (κ3) is 6.03. The molecular weight excluding hydrogens is 488 g/mol. The number of carbonyl (C=O) groups excluding carboxylic acids is 1. The van der Waals surface area contributed by atoms with Crippen molar-refractivity contribution in [3.05, 3.63) is 84.1 Å². The Kier molecular flexibility index (Phi) is 8.31. The van der Waals surface area contributed by atoms with Gasteiger partial charge in [0.25, 0.3) is 5.91 Å². The number of benzene rings is 3. The zero-order chi connectivity index (χ0) is 26.4. The van der Waals surface area contributed by atoms with Crippen molar-refractivity contribution in [3.63, 3.8) is 0 Å². The minimum absolute atomic E-state index is 0.0324. The van der Waals surface area contributed by atoms with E-state index in [4.69, 9.17) is 4.74 Å². The van der Waals surface area contributed by atoms with Crippen LogP contribution < -0.4 is 10.1 Å². The van der Waals surface area contributed by atoms with Crippen LogP contribution in [-0.2, 0) is 16.3 Å². The van der Waals surface area contributed by atoms with Crippen LogP contribution in [0.15, 0.2) is 77.8 Å². The van der Waals surface area contributed by atoms with Crippen LogP contribution in [0.5, 0.6) is 5.75 Å². The van der Waals surface area contributed by atoms with Crippen LogP contribution in [-0.4, -0.2) is 49.4 Å². The molecule has 4 aromatic rings. The average Bonchev–Trinajstić information content (AvgIpc) is 3.34. The van der Waals surface area contributed by atoms with Crippen LogP contribution in [0.3, 0.4) is 0 Å². The smallest absolute Gasteiger partial charge is 0.255 e. The molecule has 0 fully saturated rings. The normalized spacial score (nSPS) is 12.4. The first-order chi connectivity index (χ1) is 17.9. The van der Waals surface area contributed by atoms with E-state index in [1.807, 2.05) is 43.5 Å². The van der Waals surface area contributed by atoms with Gasteiger partial charge in [0, 0.05) is 17.1 Å². The van der Waals surface area contributed by atoms with Gasteiger partial charge in [-0.05, 0) is 59.9 Å².